The van der Waals surface area contributed by atoms with Crippen molar-refractivity contribution in [3.05, 3.63) is 105 Å². The van der Waals surface area contributed by atoms with Crippen LogP contribution in [0.15, 0.2) is 78.0 Å². The van der Waals surface area contributed by atoms with Crippen LogP contribution in [0, 0.1) is 10.6 Å². The molecule has 0 saturated heterocycles. The van der Waals surface area contributed by atoms with E-state index in [9.17, 15) is 14.6 Å². The number of nitrogens with one attached hydrogen (secondary N) is 3. The second-order valence-electron chi connectivity index (χ2n) is 7.60. The average Bonchev–Trinajstić information content (AvgIpc) is 2.98. The summed E-state index contributed by atoms with van der Waals surface area (Å²) in [5.41, 5.74) is 2.83. The summed E-state index contributed by atoms with van der Waals surface area (Å²) in [6.45, 7) is 0.168. The lowest BCUT2D eigenvalue weighted by atomic mass is 10.1. The predicted octanol–water partition coefficient (Wildman–Crippen LogP) is 2.54. The molecule has 4 aromatic rings. The van der Waals surface area contributed by atoms with E-state index in [0.29, 0.717) is 33.1 Å². The highest BCUT2D eigenvalue weighted by atomic mass is 32.2. The first kappa shape index (κ1) is 23.4. The van der Waals surface area contributed by atoms with Crippen molar-refractivity contribution in [2.75, 3.05) is 7.05 Å². The van der Waals surface area contributed by atoms with Gasteiger partial charge in [0, 0.05) is 76.6 Å². The van der Waals surface area contributed by atoms with Crippen LogP contribution in [-0.2, 0) is 23.7 Å². The maximum absolute atomic E-state index is 13.4. The second-order valence-corrected chi connectivity index (χ2v) is 8.87. The standard InChI is InChI=1S/C25H23N5O3S/c1-27-13-20(12-26)19-11-23-24(28-14-19)8-7-18-6-5-17(10-22(18)25(23)31)16-34(33)29-15-21-4-2-3-9-30(21)32/h2-14,26-27,29H,15-16H2,1H3/b20-13+,26-12?. The molecule has 4 rings (SSSR count). The van der Waals surface area contributed by atoms with E-state index in [-0.39, 0.29) is 17.7 Å². The number of pyridine rings is 2. The Morgan fingerprint density at radius 3 is 2.76 bits per heavy atom. The summed E-state index contributed by atoms with van der Waals surface area (Å²) in [7, 11) is 1.74. The van der Waals surface area contributed by atoms with Gasteiger partial charge in [-0.25, -0.2) is 0 Å². The molecule has 2 aromatic carbocycles. The van der Waals surface area contributed by atoms with Crippen LogP contribution in [0.2, 0.25) is 0 Å². The molecule has 2 aromatic heterocycles. The van der Waals surface area contributed by atoms with Gasteiger partial charge >= 0.3 is 0 Å². The highest BCUT2D eigenvalue weighted by Gasteiger charge is 2.13. The lowest BCUT2D eigenvalue weighted by molar-refractivity contribution is -0.614. The van der Waals surface area contributed by atoms with E-state index >= 15 is 0 Å². The van der Waals surface area contributed by atoms with Crippen molar-refractivity contribution in [1.82, 2.24) is 15.0 Å². The van der Waals surface area contributed by atoms with Crippen LogP contribution in [0.25, 0.3) is 27.2 Å². The van der Waals surface area contributed by atoms with E-state index in [4.69, 9.17) is 5.41 Å². The molecule has 0 amide bonds. The summed E-state index contributed by atoms with van der Waals surface area (Å²) in [6, 6.07) is 15.8. The minimum atomic E-state index is -1.44. The molecule has 34 heavy (non-hydrogen) atoms. The van der Waals surface area contributed by atoms with Gasteiger partial charge in [0.05, 0.1) is 5.52 Å². The summed E-state index contributed by atoms with van der Waals surface area (Å²) >= 11 is -1.44. The van der Waals surface area contributed by atoms with Gasteiger partial charge in [0.1, 0.15) is 6.54 Å². The molecule has 0 fully saturated rings. The predicted molar refractivity (Wildman–Crippen MR) is 135 cm³/mol. The maximum Gasteiger partial charge on any atom is 0.211 e. The fourth-order valence-electron chi connectivity index (χ4n) is 3.62. The van der Waals surface area contributed by atoms with Gasteiger partial charge in [-0.3, -0.25) is 9.78 Å². The Labute approximate surface area is 199 Å². The largest absolute Gasteiger partial charge is 0.618 e. The van der Waals surface area contributed by atoms with Crippen molar-refractivity contribution in [1.29, 1.82) is 5.41 Å². The fraction of sp³-hybridized carbons (Fsp3) is 0.120. The van der Waals surface area contributed by atoms with Crippen LogP contribution in [-0.4, -0.2) is 22.8 Å². The van der Waals surface area contributed by atoms with Crippen LogP contribution in [0.5, 0.6) is 0 Å². The second kappa shape index (κ2) is 10.4. The maximum atomic E-state index is 13.4. The number of hydrogen-bond donors (Lipinski definition) is 3. The number of fused-ring (bicyclic) bond motifs is 2. The number of rotatable bonds is 8. The highest BCUT2D eigenvalue weighted by Crippen LogP contribution is 2.20. The molecule has 3 N–H and O–H groups in total. The van der Waals surface area contributed by atoms with E-state index in [0.717, 1.165) is 15.7 Å². The average molecular weight is 474 g/mol. The molecular formula is C25H23N5O3S. The van der Waals surface area contributed by atoms with Crippen LogP contribution in [0.1, 0.15) is 16.8 Å². The lowest BCUT2D eigenvalue weighted by Gasteiger charge is -2.11. The van der Waals surface area contributed by atoms with Crippen molar-refractivity contribution in [3.8, 4) is 0 Å². The Balaban J connectivity index is 1.66. The van der Waals surface area contributed by atoms with E-state index < -0.39 is 11.4 Å². The molecular weight excluding hydrogens is 450 g/mol. The first-order valence-electron chi connectivity index (χ1n) is 10.5. The molecule has 1 atom stereocenters. The van der Waals surface area contributed by atoms with Crippen LogP contribution >= 0.6 is 0 Å². The van der Waals surface area contributed by atoms with Crippen molar-refractivity contribution < 1.29 is 9.28 Å². The number of nitrogens with zero attached hydrogens (tertiary/aromatic N) is 2. The monoisotopic (exact) mass is 473 g/mol. The third-order valence-electron chi connectivity index (χ3n) is 5.35. The van der Waals surface area contributed by atoms with Crippen molar-refractivity contribution in [3.63, 3.8) is 0 Å². The zero-order valence-electron chi connectivity index (χ0n) is 18.4. The molecule has 0 aliphatic rings. The van der Waals surface area contributed by atoms with Crippen molar-refractivity contribution in [2.45, 2.75) is 12.3 Å². The number of hydrogen-bond acceptors (Lipinski definition) is 7. The molecule has 0 saturated carbocycles. The Hall–Kier alpha value is -3.79. The molecule has 2 heterocycles. The Morgan fingerprint density at radius 2 is 2.00 bits per heavy atom. The van der Waals surface area contributed by atoms with Gasteiger partial charge in [0.15, 0.2) is 17.4 Å². The number of aromatic nitrogens is 2. The van der Waals surface area contributed by atoms with Gasteiger partial charge in [-0.05, 0) is 29.7 Å². The molecule has 8 nitrogen and oxygen atoms in total. The highest BCUT2D eigenvalue weighted by molar-refractivity contribution is 7.88. The summed E-state index contributed by atoms with van der Waals surface area (Å²) in [5.74, 6) is 0.184. The van der Waals surface area contributed by atoms with Gasteiger partial charge in [0.2, 0.25) is 5.69 Å². The van der Waals surface area contributed by atoms with E-state index in [2.05, 4.69) is 15.0 Å². The molecule has 0 aliphatic heterocycles. The van der Waals surface area contributed by atoms with E-state index in [1.807, 2.05) is 18.2 Å². The first-order chi connectivity index (χ1) is 16.5. The Bertz CT molecular complexity index is 1460. The molecule has 0 radical (unpaired) electrons. The van der Waals surface area contributed by atoms with Crippen molar-refractivity contribution >= 4 is 44.8 Å². The minimum absolute atomic E-state index is 0.168. The van der Waals surface area contributed by atoms with Crippen molar-refractivity contribution in [2.24, 2.45) is 0 Å². The summed E-state index contributed by atoms with van der Waals surface area (Å²) < 4.78 is 16.2. The van der Waals surface area contributed by atoms with E-state index in [1.54, 1.807) is 55.8 Å². The molecule has 0 spiro atoms. The van der Waals surface area contributed by atoms with Gasteiger partial charge in [-0.15, -0.1) is 4.72 Å². The van der Waals surface area contributed by atoms with Crippen LogP contribution in [0.3, 0.4) is 0 Å². The third kappa shape index (κ3) is 5.07. The number of allylic oxidation sites excluding steroid dienone is 1. The Morgan fingerprint density at radius 1 is 1.18 bits per heavy atom. The lowest BCUT2D eigenvalue weighted by Crippen LogP contribution is -2.36. The first-order valence-corrected chi connectivity index (χ1v) is 11.8. The third-order valence-corrected chi connectivity index (χ3v) is 6.41. The van der Waals surface area contributed by atoms with Gasteiger partial charge in [0.25, 0.3) is 0 Å². The van der Waals surface area contributed by atoms with E-state index in [1.165, 1.54) is 12.4 Å². The smallest absolute Gasteiger partial charge is 0.211 e. The quantitative estimate of drug-likeness (QED) is 0.156. The Kier molecular flexibility index (Phi) is 7.17. The summed E-state index contributed by atoms with van der Waals surface area (Å²) in [5, 5.41) is 24.0. The topological polar surface area (TPSA) is 128 Å². The zero-order valence-corrected chi connectivity index (χ0v) is 19.3. The summed E-state index contributed by atoms with van der Waals surface area (Å²) in [6.07, 6.45) is 5.91. The molecule has 9 heteroatoms. The van der Waals surface area contributed by atoms with Crippen LogP contribution in [0.4, 0.5) is 0 Å². The minimum Gasteiger partial charge on any atom is -0.618 e. The molecule has 0 aliphatic carbocycles. The number of benzene rings is 1. The zero-order chi connectivity index (χ0) is 24.1. The molecule has 172 valence electrons. The van der Waals surface area contributed by atoms with Gasteiger partial charge in [-0.1, -0.05) is 18.2 Å². The molecule has 0 bridgehead atoms. The normalized spacial score (nSPS) is 12.6. The fourth-order valence-corrected chi connectivity index (χ4v) is 4.51. The van der Waals surface area contributed by atoms with Crippen LogP contribution < -0.4 is 20.2 Å². The van der Waals surface area contributed by atoms with Gasteiger partial charge in [-0.2, -0.15) is 4.73 Å². The SMILES string of the molecule is CN/C=C(\C=N)c1cnc2ccc3ccc(C[S+]([O-])NCc4cccc[n+]4[O-])cc3c(=O)c2c1. The van der Waals surface area contributed by atoms with Gasteiger partial charge < -0.3 is 20.5 Å². The summed E-state index contributed by atoms with van der Waals surface area (Å²) in [4.78, 5) is 17.9. The molecule has 1 unspecified atom stereocenters.